The minimum absolute atomic E-state index is 0.0607. The molecule has 10 heteroatoms. The second-order valence-corrected chi connectivity index (χ2v) is 9.04. The number of anilines is 1. The molecule has 2 amide bonds. The van der Waals surface area contributed by atoms with Gasteiger partial charge in [-0.2, -0.15) is 0 Å². The largest absolute Gasteiger partial charge is 0.467 e. The van der Waals surface area contributed by atoms with Crippen molar-refractivity contribution in [3.05, 3.63) is 77.7 Å². The highest BCUT2D eigenvalue weighted by molar-refractivity contribution is 7.91. The highest BCUT2D eigenvalue weighted by atomic mass is 32.2. The normalized spacial score (nSPS) is 14.1. The lowest BCUT2D eigenvalue weighted by Crippen LogP contribution is -2.40. The molecular weight excluding hydrogens is 448 g/mol. The van der Waals surface area contributed by atoms with Gasteiger partial charge in [-0.25, -0.2) is 13.2 Å². The Morgan fingerprint density at radius 3 is 2.58 bits per heavy atom. The Labute approximate surface area is 189 Å². The summed E-state index contributed by atoms with van der Waals surface area (Å²) in [6.45, 7) is 1.39. The third-order valence-electron chi connectivity index (χ3n) is 5.04. The second kappa shape index (κ2) is 8.91. The first-order valence-electron chi connectivity index (χ1n) is 10.1. The van der Waals surface area contributed by atoms with Gasteiger partial charge in [0, 0.05) is 0 Å². The maximum atomic E-state index is 13.4. The Morgan fingerprint density at radius 1 is 1.06 bits per heavy atom. The molecule has 0 unspecified atom stereocenters. The summed E-state index contributed by atoms with van der Waals surface area (Å²) >= 11 is 0. The van der Waals surface area contributed by atoms with Gasteiger partial charge in [-0.1, -0.05) is 12.1 Å². The van der Waals surface area contributed by atoms with Gasteiger partial charge in [0.15, 0.2) is 0 Å². The second-order valence-electron chi connectivity index (χ2n) is 7.15. The summed E-state index contributed by atoms with van der Waals surface area (Å²) in [6.07, 6.45) is 1.47. The van der Waals surface area contributed by atoms with Crippen molar-refractivity contribution in [2.45, 2.75) is 23.3 Å². The summed E-state index contributed by atoms with van der Waals surface area (Å²) < 4.78 is 36.9. The van der Waals surface area contributed by atoms with Gasteiger partial charge in [0.2, 0.25) is 15.7 Å². The minimum Gasteiger partial charge on any atom is -0.467 e. The highest BCUT2D eigenvalue weighted by Gasteiger charge is 2.36. The van der Waals surface area contributed by atoms with E-state index in [0.29, 0.717) is 5.76 Å². The lowest BCUT2D eigenvalue weighted by molar-refractivity contribution is -0.120. The van der Waals surface area contributed by atoms with Crippen LogP contribution in [0.4, 0.5) is 5.69 Å². The van der Waals surface area contributed by atoms with E-state index >= 15 is 0 Å². The van der Waals surface area contributed by atoms with E-state index in [9.17, 15) is 22.8 Å². The fourth-order valence-corrected chi connectivity index (χ4v) is 5.13. The number of nitrogens with one attached hydrogen (secondary N) is 1. The smallest absolute Gasteiger partial charge is 0.338 e. The number of amides is 2. The van der Waals surface area contributed by atoms with Crippen LogP contribution in [0.3, 0.4) is 0 Å². The summed E-state index contributed by atoms with van der Waals surface area (Å²) in [6, 6.07) is 13.0. The fraction of sp³-hybridized carbons (Fsp3) is 0.174. The van der Waals surface area contributed by atoms with E-state index in [1.165, 1.54) is 42.7 Å². The molecule has 0 spiro atoms. The van der Waals surface area contributed by atoms with Crippen LogP contribution < -0.4 is 10.2 Å². The molecule has 1 N–H and O–H groups in total. The van der Waals surface area contributed by atoms with Crippen molar-refractivity contribution in [2.75, 3.05) is 18.1 Å². The SMILES string of the molecule is CCOC(=O)c1ccc2c(c1)N(CC(=O)NCc1ccco1)C(=O)c1ccccc1S2(=O)=O. The van der Waals surface area contributed by atoms with Crippen molar-refractivity contribution in [1.82, 2.24) is 5.32 Å². The number of sulfone groups is 1. The standard InChI is InChI=1S/C23H20N2O7S/c1-2-31-23(28)15-9-10-20-18(12-15)25(14-21(26)24-13-16-6-5-11-32-16)22(27)17-7-3-4-8-19(17)33(20,29)30/h3-12H,2,13-14H2,1H3,(H,24,26). The number of hydrogen-bond donors (Lipinski definition) is 1. The zero-order chi connectivity index (χ0) is 23.6. The minimum atomic E-state index is -4.10. The van der Waals surface area contributed by atoms with Gasteiger partial charge in [0.05, 0.1) is 46.0 Å². The van der Waals surface area contributed by atoms with Crippen molar-refractivity contribution in [1.29, 1.82) is 0 Å². The molecule has 0 saturated carbocycles. The lowest BCUT2D eigenvalue weighted by atomic mass is 10.1. The first-order chi connectivity index (χ1) is 15.8. The third kappa shape index (κ3) is 4.24. The van der Waals surface area contributed by atoms with Crippen LogP contribution in [0.15, 0.2) is 75.1 Å². The van der Waals surface area contributed by atoms with E-state index < -0.39 is 34.2 Å². The highest BCUT2D eigenvalue weighted by Crippen LogP contribution is 2.37. The number of ether oxygens (including phenoxy) is 1. The summed E-state index contributed by atoms with van der Waals surface area (Å²) in [7, 11) is -4.10. The van der Waals surface area contributed by atoms with E-state index in [0.717, 1.165) is 4.90 Å². The number of carbonyl (C=O) groups is 3. The van der Waals surface area contributed by atoms with Crippen molar-refractivity contribution < 1.29 is 32.0 Å². The number of furan rings is 1. The molecule has 2 aromatic carbocycles. The maximum Gasteiger partial charge on any atom is 0.338 e. The fourth-order valence-electron chi connectivity index (χ4n) is 3.50. The van der Waals surface area contributed by atoms with E-state index in [4.69, 9.17) is 9.15 Å². The van der Waals surface area contributed by atoms with Gasteiger partial charge in [0.1, 0.15) is 12.3 Å². The van der Waals surface area contributed by atoms with E-state index in [2.05, 4.69) is 5.32 Å². The van der Waals surface area contributed by atoms with Gasteiger partial charge in [-0.15, -0.1) is 0 Å². The van der Waals surface area contributed by atoms with Crippen LogP contribution in [0.25, 0.3) is 0 Å². The van der Waals surface area contributed by atoms with Crippen LogP contribution in [-0.2, 0) is 25.9 Å². The van der Waals surface area contributed by atoms with Crippen LogP contribution >= 0.6 is 0 Å². The van der Waals surface area contributed by atoms with Crippen LogP contribution in [-0.4, -0.2) is 39.4 Å². The first-order valence-corrected chi connectivity index (χ1v) is 11.6. The average molecular weight is 468 g/mol. The molecule has 4 rings (SSSR count). The molecule has 33 heavy (non-hydrogen) atoms. The molecule has 0 bridgehead atoms. The Balaban J connectivity index is 1.78. The zero-order valence-corrected chi connectivity index (χ0v) is 18.4. The number of benzene rings is 2. The molecule has 0 saturated heterocycles. The number of fused-ring (bicyclic) bond motifs is 2. The van der Waals surface area contributed by atoms with Crippen LogP contribution in [0.5, 0.6) is 0 Å². The summed E-state index contributed by atoms with van der Waals surface area (Å²) in [5.41, 5.74) is -0.0781. The summed E-state index contributed by atoms with van der Waals surface area (Å²) in [4.78, 5) is 39.1. The molecule has 1 aromatic heterocycles. The van der Waals surface area contributed by atoms with Gasteiger partial charge in [-0.3, -0.25) is 14.5 Å². The van der Waals surface area contributed by atoms with Gasteiger partial charge in [-0.05, 0) is 49.4 Å². The van der Waals surface area contributed by atoms with E-state index in [1.54, 1.807) is 25.1 Å². The Bertz CT molecular complexity index is 1330. The third-order valence-corrected chi connectivity index (χ3v) is 6.90. The summed E-state index contributed by atoms with van der Waals surface area (Å²) in [5, 5.41) is 2.64. The van der Waals surface area contributed by atoms with Crippen LogP contribution in [0.2, 0.25) is 0 Å². The van der Waals surface area contributed by atoms with Crippen LogP contribution in [0.1, 0.15) is 33.4 Å². The van der Waals surface area contributed by atoms with Crippen molar-refractivity contribution in [3.63, 3.8) is 0 Å². The van der Waals surface area contributed by atoms with E-state index in [1.807, 2.05) is 0 Å². The van der Waals surface area contributed by atoms with Crippen LogP contribution in [0, 0.1) is 0 Å². The van der Waals surface area contributed by atoms with Gasteiger partial charge in [0.25, 0.3) is 5.91 Å². The molecule has 0 aliphatic carbocycles. The Hall–Kier alpha value is -3.92. The molecule has 0 atom stereocenters. The number of carbonyl (C=O) groups excluding carboxylic acids is 3. The zero-order valence-electron chi connectivity index (χ0n) is 17.6. The molecule has 9 nitrogen and oxygen atoms in total. The monoisotopic (exact) mass is 468 g/mol. The Kier molecular flexibility index (Phi) is 6.01. The Morgan fingerprint density at radius 2 is 1.85 bits per heavy atom. The molecule has 1 aliphatic heterocycles. The number of esters is 1. The predicted molar refractivity (Wildman–Crippen MR) is 117 cm³/mol. The van der Waals surface area contributed by atoms with Crippen molar-refractivity contribution >= 4 is 33.3 Å². The molecular formula is C23H20N2O7S. The van der Waals surface area contributed by atoms with Crippen molar-refractivity contribution in [3.8, 4) is 0 Å². The molecule has 1 aliphatic rings. The number of nitrogens with zero attached hydrogens (tertiary/aromatic N) is 1. The summed E-state index contributed by atoms with van der Waals surface area (Å²) in [5.74, 6) is -1.37. The molecule has 2 heterocycles. The lowest BCUT2D eigenvalue weighted by Gasteiger charge is -2.22. The topological polar surface area (TPSA) is 123 Å². The predicted octanol–water partition coefficient (Wildman–Crippen LogP) is 2.57. The average Bonchev–Trinajstić information content (AvgIpc) is 3.32. The number of hydrogen-bond acceptors (Lipinski definition) is 7. The quantitative estimate of drug-likeness (QED) is 0.552. The first kappa shape index (κ1) is 22.3. The van der Waals surface area contributed by atoms with E-state index in [-0.39, 0.29) is 39.8 Å². The number of rotatable bonds is 6. The van der Waals surface area contributed by atoms with Gasteiger partial charge < -0.3 is 14.5 Å². The van der Waals surface area contributed by atoms with Gasteiger partial charge >= 0.3 is 5.97 Å². The molecule has 3 aromatic rings. The maximum absolute atomic E-state index is 13.4. The molecule has 170 valence electrons. The van der Waals surface area contributed by atoms with Crippen molar-refractivity contribution in [2.24, 2.45) is 0 Å². The molecule has 0 radical (unpaired) electrons. The molecule has 0 fully saturated rings.